The minimum Gasteiger partial charge on any atom is -0.493 e. The van der Waals surface area contributed by atoms with Gasteiger partial charge in [-0.15, -0.1) is 0 Å². The Morgan fingerprint density at radius 1 is 1.02 bits per heavy atom. The first-order valence-electron chi connectivity index (χ1n) is 19.1. The molecule has 276 valence electrons. The van der Waals surface area contributed by atoms with Gasteiger partial charge in [-0.1, -0.05) is 36.7 Å². The molecule has 2 aliphatic heterocycles. The highest BCUT2D eigenvalue weighted by molar-refractivity contribution is 6.35. The van der Waals surface area contributed by atoms with E-state index in [1.807, 2.05) is 42.9 Å². The highest BCUT2D eigenvalue weighted by Crippen LogP contribution is 2.45. The summed E-state index contributed by atoms with van der Waals surface area (Å²) < 4.78 is 35.8. The van der Waals surface area contributed by atoms with Gasteiger partial charge in [0, 0.05) is 61.9 Å². The van der Waals surface area contributed by atoms with Gasteiger partial charge in [-0.2, -0.15) is 5.10 Å². The lowest BCUT2D eigenvalue weighted by molar-refractivity contribution is 0.0512. The molecule has 4 heterocycles. The summed E-state index contributed by atoms with van der Waals surface area (Å²) in [6.45, 7) is 8.95. The van der Waals surface area contributed by atoms with E-state index in [1.54, 1.807) is 6.07 Å². The molecule has 2 aromatic heterocycles. The monoisotopic (exact) mass is 728 g/mol. The van der Waals surface area contributed by atoms with E-state index in [0.717, 1.165) is 121 Å². The van der Waals surface area contributed by atoms with Crippen LogP contribution in [-0.4, -0.2) is 59.8 Å². The number of aromatic nitrogens is 3. The molecule has 7 rings (SSSR count). The largest absolute Gasteiger partial charge is 0.493 e. The van der Waals surface area contributed by atoms with Gasteiger partial charge in [0.2, 0.25) is 0 Å². The number of ether oxygens (including phenoxy) is 3. The van der Waals surface area contributed by atoms with E-state index in [-0.39, 0.29) is 18.4 Å². The third kappa shape index (κ3) is 7.27. The molecule has 10 heteroatoms. The summed E-state index contributed by atoms with van der Waals surface area (Å²) in [5.41, 5.74) is 5.64. The van der Waals surface area contributed by atoms with E-state index < -0.39 is 0 Å². The fourth-order valence-electron chi connectivity index (χ4n) is 8.29. The van der Waals surface area contributed by atoms with Gasteiger partial charge in [-0.3, -0.25) is 4.68 Å². The number of hydrogen-bond donors (Lipinski definition) is 0. The maximum Gasteiger partial charge on any atom is 0.355 e. The van der Waals surface area contributed by atoms with E-state index in [4.69, 9.17) is 30.9 Å². The number of hydrogen-bond acceptors (Lipinski definition) is 6. The van der Waals surface area contributed by atoms with Crippen LogP contribution in [0.4, 0.5) is 10.2 Å². The van der Waals surface area contributed by atoms with Crippen LogP contribution in [0, 0.1) is 11.7 Å². The average molecular weight is 729 g/mol. The summed E-state index contributed by atoms with van der Waals surface area (Å²) in [5.74, 6) is 1.74. The Kier molecular flexibility index (Phi) is 11.4. The maximum absolute atomic E-state index is 14.0. The molecule has 0 aliphatic carbocycles. The lowest BCUT2D eigenvalue weighted by Gasteiger charge is -2.28. The zero-order valence-corrected chi connectivity index (χ0v) is 31.4. The molecule has 52 heavy (non-hydrogen) atoms. The molecule has 0 bridgehead atoms. The van der Waals surface area contributed by atoms with Crippen LogP contribution in [-0.2, 0) is 35.9 Å². The van der Waals surface area contributed by atoms with Crippen molar-refractivity contribution in [3.63, 3.8) is 0 Å². The standard InChI is InChI=1S/C42H50ClFN4O4/c1-4-35-38-37-34(43)17-16-33-32(12-10-24-52-36-13-9-11-29-27-30(44)14-15-31(29)36)40(42(49)51-5-2)48(39(33)37)22-8-6-7-21-47(41(38)45-46(35)3)23-18-28-19-25-50-26-20-28/h9,11,13-17,27-28H,4-8,10,12,18-26H2,1-3H3. The Morgan fingerprint density at radius 3 is 2.63 bits per heavy atom. The second kappa shape index (κ2) is 16.3. The van der Waals surface area contributed by atoms with Gasteiger partial charge >= 0.3 is 5.97 Å². The summed E-state index contributed by atoms with van der Waals surface area (Å²) in [4.78, 5) is 16.5. The van der Waals surface area contributed by atoms with Crippen molar-refractivity contribution in [2.75, 3.05) is 44.4 Å². The Bertz CT molecular complexity index is 2050. The van der Waals surface area contributed by atoms with E-state index in [9.17, 15) is 9.18 Å². The van der Waals surface area contributed by atoms with E-state index in [2.05, 4.69) is 22.5 Å². The zero-order chi connectivity index (χ0) is 36.2. The van der Waals surface area contributed by atoms with Crippen molar-refractivity contribution >= 4 is 45.1 Å². The molecule has 0 unspecified atom stereocenters. The van der Waals surface area contributed by atoms with Crippen molar-refractivity contribution in [1.29, 1.82) is 0 Å². The molecule has 3 aromatic carbocycles. The first kappa shape index (κ1) is 36.3. The van der Waals surface area contributed by atoms with Gasteiger partial charge in [-0.05, 0) is 112 Å². The van der Waals surface area contributed by atoms with Gasteiger partial charge in [0.25, 0.3) is 0 Å². The molecule has 0 saturated carbocycles. The summed E-state index contributed by atoms with van der Waals surface area (Å²) in [6, 6.07) is 14.5. The smallest absolute Gasteiger partial charge is 0.355 e. The average Bonchev–Trinajstić information content (AvgIpc) is 3.63. The number of anilines is 1. The maximum atomic E-state index is 14.0. The van der Waals surface area contributed by atoms with Crippen molar-refractivity contribution in [2.45, 2.75) is 78.2 Å². The Balaban J connectivity index is 1.30. The van der Waals surface area contributed by atoms with E-state index >= 15 is 0 Å². The number of nitrogens with zero attached hydrogens (tertiary/aromatic N) is 4. The van der Waals surface area contributed by atoms with Gasteiger partial charge in [0.05, 0.1) is 29.3 Å². The lowest BCUT2D eigenvalue weighted by Crippen LogP contribution is -2.29. The summed E-state index contributed by atoms with van der Waals surface area (Å²) in [5, 5.41) is 8.53. The van der Waals surface area contributed by atoms with Gasteiger partial charge in [0.15, 0.2) is 5.82 Å². The van der Waals surface area contributed by atoms with Crippen LogP contribution in [0.5, 0.6) is 5.75 Å². The topological polar surface area (TPSA) is 70.8 Å². The SMILES string of the molecule is CCOC(=O)c1c(CCCOc2cccc3cc(F)ccc23)c2ccc(Cl)c3c2n1CCCCCN(CCC1CCOCC1)c1nn(C)c(CC)c1-3. The number of benzene rings is 3. The molecule has 0 amide bonds. The van der Waals surface area contributed by atoms with Crippen molar-refractivity contribution in [3.05, 3.63) is 76.3 Å². The molecule has 0 radical (unpaired) electrons. The summed E-state index contributed by atoms with van der Waals surface area (Å²) >= 11 is 7.29. The molecule has 2 aliphatic rings. The quantitative estimate of drug-likeness (QED) is 0.0997. The lowest BCUT2D eigenvalue weighted by atomic mass is 9.95. The highest BCUT2D eigenvalue weighted by Gasteiger charge is 2.31. The predicted octanol–water partition coefficient (Wildman–Crippen LogP) is 9.55. The normalized spacial score (nSPS) is 15.5. The van der Waals surface area contributed by atoms with Crippen LogP contribution in [0.2, 0.25) is 5.02 Å². The van der Waals surface area contributed by atoms with Crippen molar-refractivity contribution < 1.29 is 23.4 Å². The number of carbonyl (C=O) groups is 1. The number of fused-ring (bicyclic) bond motifs is 3. The molecule has 1 fully saturated rings. The highest BCUT2D eigenvalue weighted by atomic mass is 35.5. The van der Waals surface area contributed by atoms with Gasteiger partial charge in [0.1, 0.15) is 17.3 Å². The van der Waals surface area contributed by atoms with Crippen molar-refractivity contribution in [1.82, 2.24) is 14.3 Å². The van der Waals surface area contributed by atoms with Gasteiger partial charge in [-0.25, -0.2) is 9.18 Å². The molecular weight excluding hydrogens is 679 g/mol. The molecular formula is C42H50ClFN4O4. The molecule has 1 saturated heterocycles. The number of aryl methyl sites for hydroxylation is 3. The third-order valence-corrected chi connectivity index (χ3v) is 11.2. The number of esters is 1. The van der Waals surface area contributed by atoms with Crippen LogP contribution >= 0.6 is 11.6 Å². The zero-order valence-electron chi connectivity index (χ0n) is 30.7. The molecule has 5 aromatic rings. The molecule has 0 spiro atoms. The van der Waals surface area contributed by atoms with Crippen LogP contribution in [0.3, 0.4) is 0 Å². The first-order chi connectivity index (χ1) is 25.4. The van der Waals surface area contributed by atoms with E-state index in [1.165, 1.54) is 12.1 Å². The fourth-order valence-corrected chi connectivity index (χ4v) is 8.54. The van der Waals surface area contributed by atoms with E-state index in [0.29, 0.717) is 48.4 Å². The predicted molar refractivity (Wildman–Crippen MR) is 206 cm³/mol. The summed E-state index contributed by atoms with van der Waals surface area (Å²) in [6.07, 6.45) is 8.34. The van der Waals surface area contributed by atoms with Crippen LogP contribution < -0.4 is 9.64 Å². The molecule has 0 N–H and O–H groups in total. The minimum absolute atomic E-state index is 0.273. The number of carbonyl (C=O) groups excluding carboxylic acids is 1. The van der Waals surface area contributed by atoms with Crippen LogP contribution in [0.25, 0.3) is 32.8 Å². The third-order valence-electron chi connectivity index (χ3n) is 10.9. The second-order valence-electron chi connectivity index (χ2n) is 14.1. The molecule has 0 atom stereocenters. The number of halogens is 2. The van der Waals surface area contributed by atoms with Crippen LogP contribution in [0.1, 0.15) is 80.5 Å². The fraction of sp³-hybridized carbons (Fsp3) is 0.476. The summed E-state index contributed by atoms with van der Waals surface area (Å²) in [7, 11) is 2.03. The minimum atomic E-state index is -0.317. The first-order valence-corrected chi connectivity index (χ1v) is 19.5. The second-order valence-corrected chi connectivity index (χ2v) is 14.5. The Morgan fingerprint density at radius 2 is 1.83 bits per heavy atom. The van der Waals surface area contributed by atoms with Crippen molar-refractivity contribution in [3.8, 4) is 16.9 Å². The van der Waals surface area contributed by atoms with Crippen LogP contribution in [0.15, 0.2) is 48.5 Å². The Hall–Kier alpha value is -4.08. The number of rotatable bonds is 11. The Labute approximate surface area is 310 Å². The van der Waals surface area contributed by atoms with Gasteiger partial charge < -0.3 is 23.7 Å². The van der Waals surface area contributed by atoms with Crippen molar-refractivity contribution in [2.24, 2.45) is 13.0 Å². The molecule has 8 nitrogen and oxygen atoms in total.